The summed E-state index contributed by atoms with van der Waals surface area (Å²) >= 11 is 6.01. The molecular formula is C15H15ClN4O. The molecule has 5 nitrogen and oxygen atoms in total. The fourth-order valence-electron chi connectivity index (χ4n) is 2.19. The maximum absolute atomic E-state index is 6.01. The van der Waals surface area contributed by atoms with Gasteiger partial charge in [-0.05, 0) is 24.6 Å². The summed E-state index contributed by atoms with van der Waals surface area (Å²) in [5, 5.41) is 0. The van der Waals surface area contributed by atoms with Crippen LogP contribution in [-0.2, 0) is 12.4 Å². The van der Waals surface area contributed by atoms with E-state index >= 15 is 0 Å². The number of nitrogens with zero attached hydrogens (tertiary/aromatic N) is 4. The van der Waals surface area contributed by atoms with E-state index in [1.807, 2.05) is 35.9 Å². The molecule has 3 rings (SSSR count). The molecule has 108 valence electrons. The summed E-state index contributed by atoms with van der Waals surface area (Å²) in [7, 11) is 1.60. The van der Waals surface area contributed by atoms with Gasteiger partial charge >= 0.3 is 0 Å². The minimum absolute atomic E-state index is 0.331. The van der Waals surface area contributed by atoms with Gasteiger partial charge in [0.15, 0.2) is 5.65 Å². The lowest BCUT2D eigenvalue weighted by Gasteiger charge is -2.08. The number of halogens is 1. The lowest BCUT2D eigenvalue weighted by Crippen LogP contribution is -2.05. The zero-order valence-corrected chi connectivity index (χ0v) is 12.6. The first-order chi connectivity index (χ1) is 10.2. The Morgan fingerprint density at radius 3 is 2.71 bits per heavy atom. The van der Waals surface area contributed by atoms with Crippen LogP contribution >= 0.6 is 11.6 Å². The number of aromatic nitrogens is 4. The molecule has 0 atom stereocenters. The van der Waals surface area contributed by atoms with E-state index in [4.69, 9.17) is 16.3 Å². The van der Waals surface area contributed by atoms with E-state index < -0.39 is 0 Å². The Labute approximate surface area is 127 Å². The number of rotatable bonds is 4. The minimum atomic E-state index is 0.331. The first-order valence-corrected chi connectivity index (χ1v) is 7.12. The smallest absolute Gasteiger partial charge is 0.215 e. The summed E-state index contributed by atoms with van der Waals surface area (Å²) in [4.78, 5) is 13.3. The van der Waals surface area contributed by atoms with Crippen LogP contribution in [0.25, 0.3) is 11.2 Å². The Kier molecular flexibility index (Phi) is 3.75. The lowest BCUT2D eigenvalue weighted by molar-refractivity contribution is 0.399. The Bertz CT molecular complexity index is 767. The third-order valence-electron chi connectivity index (χ3n) is 3.29. The summed E-state index contributed by atoms with van der Waals surface area (Å²) < 4.78 is 7.19. The van der Waals surface area contributed by atoms with E-state index in [1.54, 1.807) is 13.2 Å². The van der Waals surface area contributed by atoms with Gasteiger partial charge in [0, 0.05) is 18.0 Å². The molecule has 3 aromatic rings. The Balaban J connectivity index is 2.08. The predicted octanol–water partition coefficient (Wildman–Crippen LogP) is 2.93. The van der Waals surface area contributed by atoms with Crippen LogP contribution in [-0.4, -0.2) is 26.6 Å². The van der Waals surface area contributed by atoms with Crippen LogP contribution in [0, 0.1) is 6.92 Å². The molecule has 0 radical (unpaired) electrons. The third-order valence-corrected chi connectivity index (χ3v) is 3.53. The number of ether oxygens (including phenoxy) is 1. The molecule has 0 fully saturated rings. The monoisotopic (exact) mass is 302 g/mol. The Morgan fingerprint density at radius 2 is 2.05 bits per heavy atom. The van der Waals surface area contributed by atoms with Gasteiger partial charge in [-0.25, -0.2) is 4.98 Å². The van der Waals surface area contributed by atoms with Crippen molar-refractivity contribution in [2.75, 3.05) is 7.11 Å². The zero-order valence-electron chi connectivity index (χ0n) is 11.9. The third kappa shape index (κ3) is 2.69. The van der Waals surface area contributed by atoms with Crippen molar-refractivity contribution in [1.29, 1.82) is 0 Å². The summed E-state index contributed by atoms with van der Waals surface area (Å²) in [5.41, 5.74) is 3.65. The van der Waals surface area contributed by atoms with E-state index in [0.29, 0.717) is 18.3 Å². The zero-order chi connectivity index (χ0) is 14.8. The minimum Gasteiger partial charge on any atom is -0.481 e. The Hall–Kier alpha value is -2.14. The van der Waals surface area contributed by atoms with Crippen LogP contribution in [0.1, 0.15) is 17.1 Å². The number of imidazole rings is 1. The van der Waals surface area contributed by atoms with Gasteiger partial charge in [0.05, 0.1) is 19.5 Å². The molecule has 0 aliphatic rings. The Morgan fingerprint density at radius 1 is 1.19 bits per heavy atom. The average Bonchev–Trinajstić information content (AvgIpc) is 2.86. The normalized spacial score (nSPS) is 11.0. The molecule has 0 N–H and O–H groups in total. The molecule has 3 aromatic heterocycles. The van der Waals surface area contributed by atoms with E-state index in [1.165, 1.54) is 0 Å². The average molecular weight is 303 g/mol. The SMILES string of the molecule is COc1ccc2nc(CCl)n(Cc3ccc(C)nc3)c2n1. The van der Waals surface area contributed by atoms with E-state index in [0.717, 1.165) is 28.2 Å². The fraction of sp³-hybridized carbons (Fsp3) is 0.267. The highest BCUT2D eigenvalue weighted by atomic mass is 35.5. The molecule has 3 heterocycles. The first-order valence-electron chi connectivity index (χ1n) is 6.59. The van der Waals surface area contributed by atoms with Gasteiger partial charge < -0.3 is 9.30 Å². The second-order valence-corrected chi connectivity index (χ2v) is 5.02. The quantitative estimate of drug-likeness (QED) is 0.695. The van der Waals surface area contributed by atoms with Crippen molar-refractivity contribution >= 4 is 22.8 Å². The fourth-order valence-corrected chi connectivity index (χ4v) is 2.39. The molecule has 21 heavy (non-hydrogen) atoms. The van der Waals surface area contributed by atoms with Gasteiger partial charge in [-0.3, -0.25) is 4.98 Å². The molecule has 0 saturated heterocycles. The summed E-state index contributed by atoms with van der Waals surface area (Å²) in [6.45, 7) is 2.60. The van der Waals surface area contributed by atoms with Crippen LogP contribution in [0.2, 0.25) is 0 Å². The number of hydrogen-bond donors (Lipinski definition) is 0. The molecule has 0 aliphatic carbocycles. The standard InChI is InChI=1S/C15H15ClN4O/c1-10-3-4-11(8-17-10)9-20-13(7-16)18-12-5-6-14(21-2)19-15(12)20/h3-6,8H,7,9H2,1-2H3. The van der Waals surface area contributed by atoms with Gasteiger partial charge in [-0.15, -0.1) is 11.6 Å². The second-order valence-electron chi connectivity index (χ2n) is 4.75. The molecule has 0 aliphatic heterocycles. The van der Waals surface area contributed by atoms with Crippen LogP contribution in [0.15, 0.2) is 30.5 Å². The number of pyridine rings is 2. The van der Waals surface area contributed by atoms with Crippen LogP contribution in [0.4, 0.5) is 0 Å². The second kappa shape index (κ2) is 5.69. The number of aryl methyl sites for hydroxylation is 1. The van der Waals surface area contributed by atoms with Crippen molar-refractivity contribution in [3.8, 4) is 5.88 Å². The highest BCUT2D eigenvalue weighted by molar-refractivity contribution is 6.16. The molecule has 6 heteroatoms. The number of methoxy groups -OCH3 is 1. The van der Waals surface area contributed by atoms with Gasteiger partial charge in [0.25, 0.3) is 0 Å². The largest absolute Gasteiger partial charge is 0.481 e. The highest BCUT2D eigenvalue weighted by Gasteiger charge is 2.12. The van der Waals surface area contributed by atoms with Crippen molar-refractivity contribution in [3.05, 3.63) is 47.5 Å². The van der Waals surface area contributed by atoms with E-state index in [2.05, 4.69) is 15.0 Å². The van der Waals surface area contributed by atoms with Gasteiger partial charge in [0.2, 0.25) is 5.88 Å². The van der Waals surface area contributed by atoms with E-state index in [-0.39, 0.29) is 0 Å². The van der Waals surface area contributed by atoms with Gasteiger partial charge in [-0.1, -0.05) is 6.07 Å². The molecular weight excluding hydrogens is 288 g/mol. The molecule has 0 amide bonds. The molecule has 0 bridgehead atoms. The van der Waals surface area contributed by atoms with E-state index in [9.17, 15) is 0 Å². The van der Waals surface area contributed by atoms with Crippen molar-refractivity contribution < 1.29 is 4.74 Å². The number of hydrogen-bond acceptors (Lipinski definition) is 4. The summed E-state index contributed by atoms with van der Waals surface area (Å²) in [6, 6.07) is 7.72. The summed E-state index contributed by atoms with van der Waals surface area (Å²) in [6.07, 6.45) is 1.86. The van der Waals surface area contributed by atoms with Crippen LogP contribution in [0.5, 0.6) is 5.88 Å². The first kappa shape index (κ1) is 13.8. The topological polar surface area (TPSA) is 52.8 Å². The van der Waals surface area contributed by atoms with Crippen molar-refractivity contribution in [2.45, 2.75) is 19.3 Å². The van der Waals surface area contributed by atoms with Gasteiger partial charge in [0.1, 0.15) is 11.3 Å². The summed E-state index contributed by atoms with van der Waals surface area (Å²) in [5.74, 6) is 1.68. The predicted molar refractivity (Wildman–Crippen MR) is 81.7 cm³/mol. The van der Waals surface area contributed by atoms with Crippen molar-refractivity contribution in [2.24, 2.45) is 0 Å². The maximum atomic E-state index is 6.01. The van der Waals surface area contributed by atoms with Crippen LogP contribution in [0.3, 0.4) is 0 Å². The molecule has 0 aromatic carbocycles. The van der Waals surface area contributed by atoms with Crippen LogP contribution < -0.4 is 4.74 Å². The molecule has 0 spiro atoms. The number of fused-ring (bicyclic) bond motifs is 1. The van der Waals surface area contributed by atoms with Gasteiger partial charge in [-0.2, -0.15) is 4.98 Å². The maximum Gasteiger partial charge on any atom is 0.215 e. The molecule has 0 saturated carbocycles. The highest BCUT2D eigenvalue weighted by Crippen LogP contribution is 2.20. The number of alkyl halides is 1. The van der Waals surface area contributed by atoms with Crippen molar-refractivity contribution in [1.82, 2.24) is 19.5 Å². The molecule has 0 unspecified atom stereocenters. The lowest BCUT2D eigenvalue weighted by atomic mass is 10.2. The van der Waals surface area contributed by atoms with Crippen molar-refractivity contribution in [3.63, 3.8) is 0 Å².